The van der Waals surface area contributed by atoms with E-state index in [1.165, 1.54) is 37.4 Å². The summed E-state index contributed by atoms with van der Waals surface area (Å²) in [7, 11) is 1.25. The van der Waals surface area contributed by atoms with Crippen LogP contribution >= 0.6 is 0 Å². The highest BCUT2D eigenvalue weighted by atomic mass is 19.1. The molecule has 1 aliphatic carbocycles. The summed E-state index contributed by atoms with van der Waals surface area (Å²) in [6.45, 7) is 5.55. The zero-order valence-electron chi connectivity index (χ0n) is 20.5. The Labute approximate surface area is 207 Å². The zero-order valence-corrected chi connectivity index (χ0v) is 20.5. The minimum atomic E-state index is -0.774. The molecule has 1 aliphatic heterocycles. The van der Waals surface area contributed by atoms with Crippen LogP contribution in [-0.2, 0) is 20.9 Å². The van der Waals surface area contributed by atoms with Crippen molar-refractivity contribution in [2.75, 3.05) is 7.11 Å². The van der Waals surface area contributed by atoms with Gasteiger partial charge in [-0.15, -0.1) is 0 Å². The predicted octanol–water partition coefficient (Wildman–Crippen LogP) is 4.95. The summed E-state index contributed by atoms with van der Waals surface area (Å²) in [4.78, 5) is 37.5. The number of nitrogens with one attached hydrogen (secondary N) is 1. The molecule has 0 saturated heterocycles. The third kappa shape index (κ3) is 4.86. The van der Waals surface area contributed by atoms with Crippen LogP contribution in [0, 0.1) is 27.3 Å². The first kappa shape index (κ1) is 25.1. The van der Waals surface area contributed by atoms with Crippen molar-refractivity contribution in [3.05, 3.63) is 92.6 Å². The maximum atomic E-state index is 13.5. The lowest BCUT2D eigenvalue weighted by molar-refractivity contribution is -0.386. The van der Waals surface area contributed by atoms with Gasteiger partial charge in [0.15, 0.2) is 5.75 Å². The summed E-state index contributed by atoms with van der Waals surface area (Å²) in [5.74, 6) is -2.62. The van der Waals surface area contributed by atoms with Crippen LogP contribution in [0.1, 0.15) is 44.2 Å². The summed E-state index contributed by atoms with van der Waals surface area (Å²) in [5.41, 5.74) is 1.68. The Hall–Kier alpha value is -4.01. The van der Waals surface area contributed by atoms with Gasteiger partial charge in [-0.05, 0) is 41.7 Å². The summed E-state index contributed by atoms with van der Waals surface area (Å²) in [5, 5.41) is 15.2. The molecule has 2 unspecified atom stereocenters. The molecule has 36 heavy (non-hydrogen) atoms. The maximum absolute atomic E-state index is 13.5. The van der Waals surface area contributed by atoms with Crippen molar-refractivity contribution in [3.63, 3.8) is 0 Å². The molecular formula is C27H27FN2O6. The smallest absolute Gasteiger partial charge is 0.336 e. The SMILES string of the molecule is COC(=O)C1=C(C)NC2=CC(C)(C)CC(=O)C2C1c1ccc(OCc2cccc(F)c2)c([N+](=O)[O-])c1. The summed E-state index contributed by atoms with van der Waals surface area (Å²) < 4.78 is 24.2. The summed E-state index contributed by atoms with van der Waals surface area (Å²) in [6.07, 6.45) is 2.25. The predicted molar refractivity (Wildman–Crippen MR) is 129 cm³/mol. The number of hydrogen-bond donors (Lipinski definition) is 1. The van der Waals surface area contributed by atoms with Crippen molar-refractivity contribution >= 4 is 17.4 Å². The topological polar surface area (TPSA) is 108 Å². The number of halogens is 1. The lowest BCUT2D eigenvalue weighted by atomic mass is 9.66. The molecule has 8 nitrogen and oxygen atoms in total. The van der Waals surface area contributed by atoms with E-state index < -0.39 is 28.5 Å². The Bertz CT molecular complexity index is 1310. The molecule has 0 spiro atoms. The van der Waals surface area contributed by atoms with Crippen molar-refractivity contribution < 1.29 is 28.4 Å². The monoisotopic (exact) mass is 494 g/mol. The van der Waals surface area contributed by atoms with Crippen LogP contribution < -0.4 is 10.1 Å². The minimum absolute atomic E-state index is 0.00543. The highest BCUT2D eigenvalue weighted by Crippen LogP contribution is 2.48. The molecule has 188 valence electrons. The fourth-order valence-corrected chi connectivity index (χ4v) is 4.99. The van der Waals surface area contributed by atoms with Crippen LogP contribution in [0.15, 0.2) is 65.5 Å². The van der Waals surface area contributed by atoms with E-state index in [2.05, 4.69) is 5.32 Å². The highest BCUT2D eigenvalue weighted by Gasteiger charge is 2.46. The molecule has 4 rings (SSSR count). The Balaban J connectivity index is 1.78. The van der Waals surface area contributed by atoms with E-state index >= 15 is 0 Å². The third-order valence-electron chi connectivity index (χ3n) is 6.47. The summed E-state index contributed by atoms with van der Waals surface area (Å²) in [6, 6.07) is 10.2. The molecule has 0 bridgehead atoms. The van der Waals surface area contributed by atoms with Gasteiger partial charge in [0, 0.05) is 29.8 Å². The number of esters is 1. The molecule has 2 aromatic rings. The van der Waals surface area contributed by atoms with Crippen LogP contribution in [0.5, 0.6) is 5.75 Å². The largest absolute Gasteiger partial charge is 0.482 e. The Morgan fingerprint density at radius 1 is 1.22 bits per heavy atom. The van der Waals surface area contributed by atoms with E-state index in [0.717, 1.165) is 0 Å². The van der Waals surface area contributed by atoms with Crippen LogP contribution in [0.2, 0.25) is 0 Å². The van der Waals surface area contributed by atoms with Crippen molar-refractivity contribution in [1.82, 2.24) is 5.32 Å². The van der Waals surface area contributed by atoms with E-state index in [9.17, 15) is 24.1 Å². The lowest BCUT2D eigenvalue weighted by Crippen LogP contribution is -2.43. The van der Waals surface area contributed by atoms with Gasteiger partial charge in [-0.1, -0.05) is 38.1 Å². The Kier molecular flexibility index (Phi) is 6.67. The molecule has 0 radical (unpaired) electrons. The number of ether oxygens (including phenoxy) is 2. The number of nitrogens with zero attached hydrogens (tertiary/aromatic N) is 1. The average molecular weight is 495 g/mol. The van der Waals surface area contributed by atoms with E-state index in [4.69, 9.17) is 9.47 Å². The van der Waals surface area contributed by atoms with Gasteiger partial charge in [0.2, 0.25) is 0 Å². The zero-order chi connectivity index (χ0) is 26.2. The van der Waals surface area contributed by atoms with Gasteiger partial charge in [0.1, 0.15) is 18.2 Å². The fourth-order valence-electron chi connectivity index (χ4n) is 4.99. The van der Waals surface area contributed by atoms with Gasteiger partial charge < -0.3 is 14.8 Å². The van der Waals surface area contributed by atoms with Crippen LogP contribution in [0.25, 0.3) is 0 Å². The summed E-state index contributed by atoms with van der Waals surface area (Å²) >= 11 is 0. The average Bonchev–Trinajstić information content (AvgIpc) is 2.80. The van der Waals surface area contributed by atoms with E-state index in [0.29, 0.717) is 22.5 Å². The molecule has 0 aromatic heterocycles. The van der Waals surface area contributed by atoms with Gasteiger partial charge in [-0.2, -0.15) is 0 Å². The van der Waals surface area contributed by atoms with E-state index in [1.807, 2.05) is 19.9 Å². The van der Waals surface area contributed by atoms with Crippen molar-refractivity contribution in [2.24, 2.45) is 11.3 Å². The molecule has 1 N–H and O–H groups in total. The number of Topliss-reactive ketones (excluding diaryl/α,β-unsaturated/α-hetero) is 1. The second kappa shape index (κ2) is 9.56. The minimum Gasteiger partial charge on any atom is -0.482 e. The molecule has 0 fully saturated rings. The number of allylic oxidation sites excluding steroid dienone is 3. The third-order valence-corrected chi connectivity index (χ3v) is 6.47. The molecule has 2 atom stereocenters. The molecule has 1 heterocycles. The second-order valence-corrected chi connectivity index (χ2v) is 9.74. The van der Waals surface area contributed by atoms with Gasteiger partial charge >= 0.3 is 11.7 Å². The number of benzene rings is 2. The number of fused-ring (bicyclic) bond motifs is 1. The van der Waals surface area contributed by atoms with Crippen LogP contribution in [0.4, 0.5) is 10.1 Å². The quantitative estimate of drug-likeness (QED) is 0.344. The molecular weight excluding hydrogens is 467 g/mol. The molecule has 2 aliphatic rings. The van der Waals surface area contributed by atoms with Crippen molar-refractivity contribution in [1.29, 1.82) is 0 Å². The van der Waals surface area contributed by atoms with Crippen molar-refractivity contribution in [3.8, 4) is 5.75 Å². The highest BCUT2D eigenvalue weighted by molar-refractivity contribution is 5.96. The maximum Gasteiger partial charge on any atom is 0.336 e. The number of nitro benzene ring substituents is 1. The number of carbonyl (C=O) groups excluding carboxylic acids is 2. The Morgan fingerprint density at radius 2 is 1.97 bits per heavy atom. The lowest BCUT2D eigenvalue weighted by Gasteiger charge is -2.41. The van der Waals surface area contributed by atoms with Crippen molar-refractivity contribution in [2.45, 2.75) is 39.7 Å². The number of rotatable bonds is 6. The van der Waals surface area contributed by atoms with Gasteiger partial charge in [0.25, 0.3) is 0 Å². The molecule has 2 aromatic carbocycles. The van der Waals surface area contributed by atoms with Gasteiger partial charge in [-0.3, -0.25) is 14.9 Å². The Morgan fingerprint density at radius 3 is 2.64 bits per heavy atom. The number of ketones is 1. The standard InChI is InChI=1S/C27H27FN2O6/c1-15-23(26(32)35-4)24(25-19(29-15)12-27(2,3)13-21(25)31)17-8-9-22(20(11-17)30(33)34)36-14-16-6-5-7-18(28)10-16/h5-12,24-25,29H,13-14H2,1-4H3. The van der Waals surface area contributed by atoms with E-state index in [1.54, 1.807) is 19.1 Å². The molecule has 0 saturated carbocycles. The number of carbonyl (C=O) groups is 2. The van der Waals surface area contributed by atoms with Gasteiger partial charge in [-0.25, -0.2) is 9.18 Å². The number of nitro groups is 1. The first-order valence-corrected chi connectivity index (χ1v) is 11.5. The second-order valence-electron chi connectivity index (χ2n) is 9.74. The van der Waals surface area contributed by atoms with Crippen LogP contribution in [0.3, 0.4) is 0 Å². The first-order chi connectivity index (χ1) is 17.0. The molecule has 9 heteroatoms. The number of methoxy groups -OCH3 is 1. The van der Waals surface area contributed by atoms with Crippen LogP contribution in [-0.4, -0.2) is 23.8 Å². The van der Waals surface area contributed by atoms with E-state index in [-0.39, 0.29) is 41.2 Å². The first-order valence-electron chi connectivity index (χ1n) is 11.5. The molecule has 0 amide bonds. The normalized spacial score (nSPS) is 20.7. The number of hydrogen-bond acceptors (Lipinski definition) is 7. The fraction of sp³-hybridized carbons (Fsp3) is 0.333. The van der Waals surface area contributed by atoms with Gasteiger partial charge in [0.05, 0.1) is 23.5 Å².